The number of hydrogen-bond acceptors (Lipinski definition) is 3. The zero-order valence-electron chi connectivity index (χ0n) is 9.36. The lowest BCUT2D eigenvalue weighted by Gasteiger charge is -2.01. The van der Waals surface area contributed by atoms with Crippen LogP contribution in [0.3, 0.4) is 0 Å². The van der Waals surface area contributed by atoms with Gasteiger partial charge in [0.2, 0.25) is 5.95 Å². The molecule has 18 heavy (non-hydrogen) atoms. The molecule has 2 rings (SSSR count). The quantitative estimate of drug-likeness (QED) is 0.678. The molecule has 0 bridgehead atoms. The Kier molecular flexibility index (Phi) is 3.68. The molecule has 0 saturated heterocycles. The molecular weight excluding hydrogens is 323 g/mol. The highest BCUT2D eigenvalue weighted by atomic mass is 79.9. The molecule has 0 radical (unpaired) electrons. The number of imidazole rings is 1. The number of aromatic nitrogens is 2. The van der Waals surface area contributed by atoms with E-state index in [1.165, 1.54) is 23.0 Å². The minimum atomic E-state index is -0.487. The van der Waals surface area contributed by atoms with Gasteiger partial charge in [-0.25, -0.2) is 14.1 Å². The van der Waals surface area contributed by atoms with Crippen LogP contribution >= 0.6 is 27.5 Å². The molecule has 0 aliphatic carbocycles. The number of nitrogen functional groups attached to an aromatic ring is 1. The number of halogens is 3. The van der Waals surface area contributed by atoms with E-state index in [1.54, 1.807) is 6.20 Å². The van der Waals surface area contributed by atoms with Gasteiger partial charge in [-0.05, 0) is 19.1 Å². The van der Waals surface area contributed by atoms with Crippen molar-refractivity contribution in [2.75, 3.05) is 5.73 Å². The predicted octanol–water partition coefficient (Wildman–Crippen LogP) is 3.21. The highest BCUT2D eigenvalue weighted by Gasteiger charge is 2.05. The van der Waals surface area contributed by atoms with E-state index in [-0.39, 0.29) is 11.0 Å². The summed E-state index contributed by atoms with van der Waals surface area (Å²) in [6.45, 7) is 1.81. The van der Waals surface area contributed by atoms with Crippen LogP contribution in [0.1, 0.15) is 11.3 Å². The first-order chi connectivity index (χ1) is 8.47. The van der Waals surface area contributed by atoms with Crippen molar-refractivity contribution in [3.63, 3.8) is 0 Å². The average molecular weight is 332 g/mol. The monoisotopic (exact) mass is 330 g/mol. The van der Waals surface area contributed by atoms with E-state index in [2.05, 4.69) is 26.0 Å². The molecule has 0 aliphatic heterocycles. The van der Waals surface area contributed by atoms with E-state index < -0.39 is 5.82 Å². The lowest BCUT2D eigenvalue weighted by molar-refractivity contribution is 0.627. The van der Waals surface area contributed by atoms with Gasteiger partial charge < -0.3 is 5.73 Å². The summed E-state index contributed by atoms with van der Waals surface area (Å²) in [5, 5.41) is 4.16. The molecule has 0 fully saturated rings. The first-order valence-electron chi connectivity index (χ1n) is 4.97. The van der Waals surface area contributed by atoms with Gasteiger partial charge in [-0.3, -0.25) is 0 Å². The second-order valence-electron chi connectivity index (χ2n) is 3.62. The van der Waals surface area contributed by atoms with Gasteiger partial charge in [-0.2, -0.15) is 5.10 Å². The molecule has 4 nitrogen and oxygen atoms in total. The second-order valence-corrected chi connectivity index (χ2v) is 4.88. The van der Waals surface area contributed by atoms with Crippen molar-refractivity contribution in [2.45, 2.75) is 6.92 Å². The molecule has 0 amide bonds. The zero-order valence-corrected chi connectivity index (χ0v) is 11.7. The first-order valence-corrected chi connectivity index (χ1v) is 6.15. The molecule has 1 heterocycles. The van der Waals surface area contributed by atoms with Gasteiger partial charge in [0.1, 0.15) is 5.82 Å². The largest absolute Gasteiger partial charge is 0.368 e. The van der Waals surface area contributed by atoms with E-state index in [0.717, 1.165) is 5.69 Å². The van der Waals surface area contributed by atoms with Crippen LogP contribution < -0.4 is 5.73 Å². The molecule has 2 N–H and O–H groups in total. The fourth-order valence-corrected chi connectivity index (χ4v) is 1.95. The highest BCUT2D eigenvalue weighted by Crippen LogP contribution is 2.23. The van der Waals surface area contributed by atoms with Crippen LogP contribution in [0.5, 0.6) is 0 Å². The van der Waals surface area contributed by atoms with Crippen molar-refractivity contribution in [1.82, 2.24) is 9.66 Å². The third-order valence-corrected chi connectivity index (χ3v) is 3.17. The summed E-state index contributed by atoms with van der Waals surface area (Å²) in [5.74, 6) is -0.202. The topological polar surface area (TPSA) is 56.2 Å². The molecule has 0 saturated carbocycles. The van der Waals surface area contributed by atoms with Crippen LogP contribution in [0.4, 0.5) is 10.3 Å². The van der Waals surface area contributed by atoms with Crippen LogP contribution in [0, 0.1) is 12.7 Å². The first kappa shape index (κ1) is 13.0. The Morgan fingerprint density at radius 3 is 2.89 bits per heavy atom. The van der Waals surface area contributed by atoms with E-state index in [9.17, 15) is 4.39 Å². The number of anilines is 1. The zero-order chi connectivity index (χ0) is 13.3. The summed E-state index contributed by atoms with van der Waals surface area (Å²) in [6, 6.07) is 2.76. The fraction of sp³-hybridized carbons (Fsp3) is 0.0909. The van der Waals surface area contributed by atoms with Crippen molar-refractivity contribution >= 4 is 39.7 Å². The van der Waals surface area contributed by atoms with Crippen LogP contribution in [0.2, 0.25) is 5.02 Å². The number of aryl methyl sites for hydroxylation is 1. The maximum Gasteiger partial charge on any atom is 0.221 e. The van der Waals surface area contributed by atoms with E-state index >= 15 is 0 Å². The van der Waals surface area contributed by atoms with E-state index in [1.807, 2.05) is 6.92 Å². The Bertz CT molecular complexity index is 624. The SMILES string of the molecule is Cc1cn(N=Cc2cc(Cl)c(F)cc2Br)c(N)n1. The Morgan fingerprint density at radius 1 is 1.56 bits per heavy atom. The highest BCUT2D eigenvalue weighted by molar-refractivity contribution is 9.10. The van der Waals surface area contributed by atoms with Crippen molar-refractivity contribution in [3.05, 3.63) is 44.9 Å². The van der Waals surface area contributed by atoms with Crippen molar-refractivity contribution in [3.8, 4) is 0 Å². The summed E-state index contributed by atoms with van der Waals surface area (Å²) in [5.41, 5.74) is 7.05. The smallest absolute Gasteiger partial charge is 0.221 e. The molecule has 94 valence electrons. The van der Waals surface area contributed by atoms with Crippen molar-refractivity contribution in [2.24, 2.45) is 5.10 Å². The van der Waals surface area contributed by atoms with Gasteiger partial charge in [-0.1, -0.05) is 27.5 Å². The number of benzene rings is 1. The van der Waals surface area contributed by atoms with E-state index in [0.29, 0.717) is 10.0 Å². The summed E-state index contributed by atoms with van der Waals surface area (Å²) < 4.78 is 15.1. The van der Waals surface area contributed by atoms with Crippen molar-refractivity contribution < 1.29 is 4.39 Å². The van der Waals surface area contributed by atoms with Gasteiger partial charge in [0, 0.05) is 10.0 Å². The molecule has 2 aromatic rings. The van der Waals surface area contributed by atoms with Crippen LogP contribution in [-0.2, 0) is 0 Å². The average Bonchev–Trinajstić information content (AvgIpc) is 2.61. The molecular formula is C11H9BrClFN4. The minimum absolute atomic E-state index is 0.0365. The van der Waals surface area contributed by atoms with Gasteiger partial charge in [-0.15, -0.1) is 0 Å². The van der Waals surface area contributed by atoms with Gasteiger partial charge in [0.15, 0.2) is 0 Å². The maximum absolute atomic E-state index is 13.1. The number of nitrogens with two attached hydrogens (primary N) is 1. The van der Waals surface area contributed by atoms with Crippen molar-refractivity contribution in [1.29, 1.82) is 0 Å². The fourth-order valence-electron chi connectivity index (χ4n) is 1.36. The third kappa shape index (κ3) is 2.70. The van der Waals surface area contributed by atoms with Gasteiger partial charge in [0.05, 0.1) is 23.1 Å². The normalized spacial score (nSPS) is 11.3. The Balaban J connectivity index is 2.34. The number of nitrogens with zero attached hydrogens (tertiary/aromatic N) is 3. The van der Waals surface area contributed by atoms with Crippen LogP contribution in [0.25, 0.3) is 0 Å². The molecule has 0 atom stereocenters. The Morgan fingerprint density at radius 2 is 2.28 bits per heavy atom. The third-order valence-electron chi connectivity index (χ3n) is 2.20. The minimum Gasteiger partial charge on any atom is -0.368 e. The molecule has 1 aromatic carbocycles. The summed E-state index contributed by atoms with van der Waals surface area (Å²) in [6.07, 6.45) is 3.21. The number of hydrogen-bond donors (Lipinski definition) is 1. The molecule has 1 aromatic heterocycles. The molecule has 0 aliphatic rings. The van der Waals surface area contributed by atoms with Crippen LogP contribution in [-0.4, -0.2) is 15.9 Å². The number of rotatable bonds is 2. The summed E-state index contributed by atoms with van der Waals surface area (Å²) in [4.78, 5) is 4.01. The standard InChI is InChI=1S/C11H9BrClFN4/c1-6-5-18(11(15)17-6)16-4-7-2-9(13)10(14)3-8(7)12/h2-5H,1H3,(H2,15,17). The van der Waals surface area contributed by atoms with Gasteiger partial charge >= 0.3 is 0 Å². The van der Waals surface area contributed by atoms with Crippen LogP contribution in [0.15, 0.2) is 27.9 Å². The molecule has 0 unspecified atom stereocenters. The molecule has 7 heteroatoms. The Labute approximate surface area is 116 Å². The summed E-state index contributed by atoms with van der Waals surface area (Å²) in [7, 11) is 0. The van der Waals surface area contributed by atoms with Gasteiger partial charge in [0.25, 0.3) is 0 Å². The molecule has 0 spiro atoms. The maximum atomic E-state index is 13.1. The summed E-state index contributed by atoms with van der Waals surface area (Å²) >= 11 is 8.93. The predicted molar refractivity (Wildman–Crippen MR) is 73.5 cm³/mol. The van der Waals surface area contributed by atoms with E-state index in [4.69, 9.17) is 17.3 Å². The Hall–Kier alpha value is -1.40. The second kappa shape index (κ2) is 5.07. The lowest BCUT2D eigenvalue weighted by Crippen LogP contribution is -1.97. The lowest BCUT2D eigenvalue weighted by atomic mass is 10.2.